The second-order valence-corrected chi connectivity index (χ2v) is 5.79. The van der Waals surface area contributed by atoms with Crippen LogP contribution in [0.15, 0.2) is 30.3 Å². The number of piperidine rings is 1. The molecule has 1 atom stereocenters. The standard InChI is InChI=1S/C16H25NO/c1-13(2)15-8-10-17(11-9-15)16(18)12-14-6-4-3-5-7-14/h3-7,13,15-16,18H,8-12H2,1-2H3. The Bertz CT molecular complexity index is 341. The van der Waals surface area contributed by atoms with E-state index in [4.69, 9.17) is 0 Å². The van der Waals surface area contributed by atoms with Gasteiger partial charge in [-0.25, -0.2) is 0 Å². The predicted octanol–water partition coefficient (Wildman–Crippen LogP) is 2.92. The fourth-order valence-electron chi connectivity index (χ4n) is 2.84. The number of nitrogens with zero attached hydrogens (tertiary/aromatic N) is 1. The van der Waals surface area contributed by atoms with Gasteiger partial charge in [0.15, 0.2) is 0 Å². The molecule has 0 spiro atoms. The van der Waals surface area contributed by atoms with E-state index in [1.807, 2.05) is 18.2 Å². The number of hydrogen-bond donors (Lipinski definition) is 1. The summed E-state index contributed by atoms with van der Waals surface area (Å²) < 4.78 is 0. The maximum atomic E-state index is 10.3. The molecule has 1 aromatic carbocycles. The highest BCUT2D eigenvalue weighted by molar-refractivity contribution is 5.15. The van der Waals surface area contributed by atoms with Gasteiger partial charge in [0, 0.05) is 19.5 Å². The van der Waals surface area contributed by atoms with Crippen LogP contribution in [0.2, 0.25) is 0 Å². The number of hydrogen-bond acceptors (Lipinski definition) is 2. The lowest BCUT2D eigenvalue weighted by atomic mass is 9.86. The number of likely N-dealkylation sites (tertiary alicyclic amines) is 1. The Labute approximate surface area is 111 Å². The zero-order chi connectivity index (χ0) is 13.0. The second kappa shape index (κ2) is 6.35. The van der Waals surface area contributed by atoms with Crippen LogP contribution in [0.4, 0.5) is 0 Å². The van der Waals surface area contributed by atoms with Gasteiger partial charge >= 0.3 is 0 Å². The summed E-state index contributed by atoms with van der Waals surface area (Å²) in [4.78, 5) is 2.23. The van der Waals surface area contributed by atoms with Crippen molar-refractivity contribution in [3.8, 4) is 0 Å². The van der Waals surface area contributed by atoms with E-state index in [0.717, 1.165) is 31.3 Å². The van der Waals surface area contributed by atoms with Crippen molar-refractivity contribution in [1.82, 2.24) is 4.90 Å². The molecule has 1 heterocycles. The van der Waals surface area contributed by atoms with Gasteiger partial charge in [0.2, 0.25) is 0 Å². The molecule has 0 aromatic heterocycles. The van der Waals surface area contributed by atoms with Crippen molar-refractivity contribution in [2.45, 2.75) is 39.3 Å². The SMILES string of the molecule is CC(C)C1CCN(C(O)Cc2ccccc2)CC1. The molecule has 1 aliphatic heterocycles. The van der Waals surface area contributed by atoms with Crippen molar-refractivity contribution < 1.29 is 5.11 Å². The van der Waals surface area contributed by atoms with Crippen LogP contribution in [0, 0.1) is 11.8 Å². The van der Waals surface area contributed by atoms with Gasteiger partial charge in [0.25, 0.3) is 0 Å². The minimum absolute atomic E-state index is 0.319. The summed E-state index contributed by atoms with van der Waals surface area (Å²) in [6, 6.07) is 10.3. The summed E-state index contributed by atoms with van der Waals surface area (Å²) in [7, 11) is 0. The summed E-state index contributed by atoms with van der Waals surface area (Å²) in [5.41, 5.74) is 1.22. The normalized spacial score (nSPS) is 20.2. The monoisotopic (exact) mass is 247 g/mol. The molecule has 0 aliphatic carbocycles. The number of benzene rings is 1. The van der Waals surface area contributed by atoms with Crippen LogP contribution in [-0.2, 0) is 6.42 Å². The van der Waals surface area contributed by atoms with Crippen molar-refractivity contribution in [3.05, 3.63) is 35.9 Å². The zero-order valence-corrected chi connectivity index (χ0v) is 11.5. The van der Waals surface area contributed by atoms with Gasteiger partial charge in [-0.05, 0) is 30.2 Å². The molecule has 1 saturated heterocycles. The van der Waals surface area contributed by atoms with E-state index >= 15 is 0 Å². The quantitative estimate of drug-likeness (QED) is 0.884. The molecule has 1 fully saturated rings. The van der Waals surface area contributed by atoms with Gasteiger partial charge in [0.05, 0.1) is 0 Å². The fourth-order valence-corrected chi connectivity index (χ4v) is 2.84. The van der Waals surface area contributed by atoms with Gasteiger partial charge < -0.3 is 5.11 Å². The third-order valence-electron chi connectivity index (χ3n) is 4.20. The summed E-state index contributed by atoms with van der Waals surface area (Å²) in [5, 5.41) is 10.3. The van der Waals surface area contributed by atoms with Crippen LogP contribution in [-0.4, -0.2) is 29.3 Å². The summed E-state index contributed by atoms with van der Waals surface area (Å²) in [6.45, 7) is 6.69. The molecule has 1 N–H and O–H groups in total. The Morgan fingerprint density at radius 1 is 1.17 bits per heavy atom. The van der Waals surface area contributed by atoms with Crippen LogP contribution in [0.25, 0.3) is 0 Å². The predicted molar refractivity (Wildman–Crippen MR) is 75.3 cm³/mol. The molecule has 2 heteroatoms. The van der Waals surface area contributed by atoms with Crippen molar-refractivity contribution in [2.24, 2.45) is 11.8 Å². The second-order valence-electron chi connectivity index (χ2n) is 5.79. The average molecular weight is 247 g/mol. The zero-order valence-electron chi connectivity index (χ0n) is 11.5. The molecule has 1 unspecified atom stereocenters. The van der Waals surface area contributed by atoms with E-state index in [2.05, 4.69) is 30.9 Å². The van der Waals surface area contributed by atoms with Crippen molar-refractivity contribution in [2.75, 3.05) is 13.1 Å². The lowest BCUT2D eigenvalue weighted by molar-refractivity contribution is -0.0201. The highest BCUT2D eigenvalue weighted by atomic mass is 16.3. The maximum absolute atomic E-state index is 10.3. The van der Waals surface area contributed by atoms with Crippen LogP contribution in [0.1, 0.15) is 32.3 Å². The largest absolute Gasteiger partial charge is 0.378 e. The van der Waals surface area contributed by atoms with Crippen molar-refractivity contribution in [1.29, 1.82) is 0 Å². The molecule has 2 nitrogen and oxygen atoms in total. The van der Waals surface area contributed by atoms with E-state index < -0.39 is 0 Å². The van der Waals surface area contributed by atoms with Crippen molar-refractivity contribution >= 4 is 0 Å². The molecular formula is C16H25NO. The van der Waals surface area contributed by atoms with Crippen LogP contribution in [0.3, 0.4) is 0 Å². The van der Waals surface area contributed by atoms with Gasteiger partial charge in [-0.3, -0.25) is 4.90 Å². The van der Waals surface area contributed by atoms with E-state index in [9.17, 15) is 5.11 Å². The molecule has 1 aromatic rings. The first kappa shape index (κ1) is 13.6. The molecular weight excluding hydrogens is 222 g/mol. The highest BCUT2D eigenvalue weighted by Crippen LogP contribution is 2.25. The number of rotatable bonds is 4. The first-order chi connectivity index (χ1) is 8.66. The van der Waals surface area contributed by atoms with Gasteiger partial charge in [-0.1, -0.05) is 44.2 Å². The van der Waals surface area contributed by atoms with E-state index in [-0.39, 0.29) is 6.23 Å². The topological polar surface area (TPSA) is 23.5 Å². The third kappa shape index (κ3) is 3.56. The number of aliphatic hydroxyl groups is 1. The molecule has 1 aliphatic rings. The molecule has 18 heavy (non-hydrogen) atoms. The Morgan fingerprint density at radius 3 is 2.33 bits per heavy atom. The Hall–Kier alpha value is -0.860. The lowest BCUT2D eigenvalue weighted by Crippen LogP contribution is -2.43. The van der Waals surface area contributed by atoms with E-state index in [0.29, 0.717) is 0 Å². The van der Waals surface area contributed by atoms with Crippen LogP contribution >= 0.6 is 0 Å². The minimum Gasteiger partial charge on any atom is -0.378 e. The summed E-state index contributed by atoms with van der Waals surface area (Å²) in [6.07, 6.45) is 2.88. The Kier molecular flexibility index (Phi) is 4.79. The van der Waals surface area contributed by atoms with E-state index in [1.54, 1.807) is 0 Å². The summed E-state index contributed by atoms with van der Waals surface area (Å²) in [5.74, 6) is 1.61. The Balaban J connectivity index is 1.82. The molecule has 0 bridgehead atoms. The molecule has 100 valence electrons. The first-order valence-corrected chi connectivity index (χ1v) is 7.13. The van der Waals surface area contributed by atoms with Gasteiger partial charge in [-0.15, -0.1) is 0 Å². The third-order valence-corrected chi connectivity index (χ3v) is 4.20. The maximum Gasteiger partial charge on any atom is 0.111 e. The van der Waals surface area contributed by atoms with Gasteiger partial charge in [-0.2, -0.15) is 0 Å². The highest BCUT2D eigenvalue weighted by Gasteiger charge is 2.25. The molecule has 0 amide bonds. The van der Waals surface area contributed by atoms with E-state index in [1.165, 1.54) is 18.4 Å². The minimum atomic E-state index is -0.319. The summed E-state index contributed by atoms with van der Waals surface area (Å²) >= 11 is 0. The van der Waals surface area contributed by atoms with Crippen LogP contribution < -0.4 is 0 Å². The fraction of sp³-hybridized carbons (Fsp3) is 0.625. The molecule has 0 radical (unpaired) electrons. The van der Waals surface area contributed by atoms with Crippen LogP contribution in [0.5, 0.6) is 0 Å². The molecule has 2 rings (SSSR count). The lowest BCUT2D eigenvalue weighted by Gasteiger charge is -2.36. The Morgan fingerprint density at radius 2 is 1.78 bits per heavy atom. The van der Waals surface area contributed by atoms with Crippen molar-refractivity contribution in [3.63, 3.8) is 0 Å². The molecule has 0 saturated carbocycles. The smallest absolute Gasteiger partial charge is 0.111 e. The average Bonchev–Trinajstić information content (AvgIpc) is 2.40. The number of aliphatic hydroxyl groups excluding tert-OH is 1. The van der Waals surface area contributed by atoms with Gasteiger partial charge in [0.1, 0.15) is 6.23 Å². The first-order valence-electron chi connectivity index (χ1n) is 7.13.